The van der Waals surface area contributed by atoms with Gasteiger partial charge in [-0.25, -0.2) is 4.39 Å². The molecular formula is C15H21FN2O. The highest BCUT2D eigenvalue weighted by molar-refractivity contribution is 5.77. The van der Waals surface area contributed by atoms with E-state index in [4.69, 9.17) is 5.73 Å². The normalized spacial score (nSPS) is 21.5. The van der Waals surface area contributed by atoms with Crippen LogP contribution in [0.3, 0.4) is 0 Å². The monoisotopic (exact) mass is 264 g/mol. The van der Waals surface area contributed by atoms with Crippen molar-refractivity contribution in [1.82, 2.24) is 4.90 Å². The predicted molar refractivity (Wildman–Crippen MR) is 72.8 cm³/mol. The highest BCUT2D eigenvalue weighted by Crippen LogP contribution is 2.23. The van der Waals surface area contributed by atoms with Crippen LogP contribution in [0.15, 0.2) is 24.3 Å². The summed E-state index contributed by atoms with van der Waals surface area (Å²) < 4.78 is 12.8. The van der Waals surface area contributed by atoms with Crippen molar-refractivity contribution in [2.75, 3.05) is 6.54 Å². The fourth-order valence-electron chi connectivity index (χ4n) is 2.58. The topological polar surface area (TPSA) is 46.3 Å². The van der Waals surface area contributed by atoms with Gasteiger partial charge >= 0.3 is 0 Å². The molecule has 1 aromatic carbocycles. The maximum Gasteiger partial charge on any atom is 0.223 e. The summed E-state index contributed by atoms with van der Waals surface area (Å²) in [7, 11) is 0. The largest absolute Gasteiger partial charge is 0.338 e. The molecule has 4 heteroatoms. The quantitative estimate of drug-likeness (QED) is 0.907. The molecule has 0 saturated carbocycles. The lowest BCUT2D eigenvalue weighted by molar-refractivity contribution is -0.136. The average molecular weight is 264 g/mol. The van der Waals surface area contributed by atoms with Crippen molar-refractivity contribution in [3.05, 3.63) is 35.6 Å². The summed E-state index contributed by atoms with van der Waals surface area (Å²) in [5.41, 5.74) is 6.98. The van der Waals surface area contributed by atoms with Crippen molar-refractivity contribution in [2.24, 2.45) is 11.7 Å². The van der Waals surface area contributed by atoms with E-state index in [1.165, 1.54) is 12.1 Å². The first-order valence-electron chi connectivity index (χ1n) is 6.88. The Morgan fingerprint density at radius 1 is 1.42 bits per heavy atom. The summed E-state index contributed by atoms with van der Waals surface area (Å²) in [5, 5.41) is 0. The van der Waals surface area contributed by atoms with Gasteiger partial charge in [-0.2, -0.15) is 0 Å². The molecule has 1 saturated heterocycles. The number of likely N-dealkylation sites (tertiary alicyclic amines) is 1. The van der Waals surface area contributed by atoms with Gasteiger partial charge in [0.25, 0.3) is 0 Å². The van der Waals surface area contributed by atoms with Crippen molar-refractivity contribution in [3.63, 3.8) is 0 Å². The van der Waals surface area contributed by atoms with E-state index < -0.39 is 0 Å². The van der Waals surface area contributed by atoms with Crippen molar-refractivity contribution < 1.29 is 9.18 Å². The molecule has 0 bridgehead atoms. The maximum absolute atomic E-state index is 12.8. The van der Waals surface area contributed by atoms with Gasteiger partial charge < -0.3 is 10.6 Å². The summed E-state index contributed by atoms with van der Waals surface area (Å²) in [6.07, 6.45) is 2.41. The van der Waals surface area contributed by atoms with Crippen LogP contribution in [0.2, 0.25) is 0 Å². The van der Waals surface area contributed by atoms with Crippen molar-refractivity contribution in [2.45, 2.75) is 38.8 Å². The Morgan fingerprint density at radius 2 is 2.11 bits per heavy atom. The molecule has 1 heterocycles. The smallest absolute Gasteiger partial charge is 0.223 e. The zero-order valence-corrected chi connectivity index (χ0v) is 11.3. The number of hydrogen-bond acceptors (Lipinski definition) is 2. The average Bonchev–Trinajstić information content (AvgIpc) is 2.42. The van der Waals surface area contributed by atoms with E-state index in [1.807, 2.05) is 4.90 Å². The molecule has 3 nitrogen and oxygen atoms in total. The highest BCUT2D eigenvalue weighted by atomic mass is 19.1. The fourth-order valence-corrected chi connectivity index (χ4v) is 2.58. The maximum atomic E-state index is 12.8. The number of hydrogen-bond donors (Lipinski definition) is 1. The minimum absolute atomic E-state index is 0.122. The lowest BCUT2D eigenvalue weighted by Gasteiger charge is -2.34. The second kappa shape index (κ2) is 6.15. The number of piperidine rings is 1. The van der Waals surface area contributed by atoms with Gasteiger partial charge in [0.15, 0.2) is 0 Å². The molecule has 0 spiro atoms. The molecule has 1 aliphatic heterocycles. The molecule has 1 amide bonds. The summed E-state index contributed by atoms with van der Waals surface area (Å²) in [6, 6.07) is 6.44. The summed E-state index contributed by atoms with van der Waals surface area (Å²) >= 11 is 0. The number of nitrogens with two attached hydrogens (primary N) is 1. The Kier molecular flexibility index (Phi) is 4.53. The first kappa shape index (κ1) is 14.0. The number of carbonyl (C=O) groups excluding carboxylic acids is 1. The molecular weight excluding hydrogens is 243 g/mol. The Hall–Kier alpha value is -1.42. The van der Waals surface area contributed by atoms with Crippen molar-refractivity contribution >= 4 is 5.91 Å². The molecule has 2 atom stereocenters. The lowest BCUT2D eigenvalue weighted by Crippen LogP contribution is -2.43. The number of nitrogens with zero attached hydrogens (tertiary/aromatic N) is 1. The third kappa shape index (κ3) is 3.53. The van der Waals surface area contributed by atoms with Gasteiger partial charge in [0.1, 0.15) is 5.82 Å². The summed E-state index contributed by atoms with van der Waals surface area (Å²) in [4.78, 5) is 13.9. The Labute approximate surface area is 113 Å². The first-order chi connectivity index (χ1) is 9.10. The molecule has 0 radical (unpaired) electrons. The van der Waals surface area contributed by atoms with Crippen molar-refractivity contribution in [3.8, 4) is 0 Å². The van der Waals surface area contributed by atoms with E-state index in [0.29, 0.717) is 18.9 Å². The molecule has 0 aromatic heterocycles. The molecule has 1 aromatic rings. The predicted octanol–water partition coefficient (Wildman–Crippen LogP) is 2.30. The highest BCUT2D eigenvalue weighted by Gasteiger charge is 2.28. The van der Waals surface area contributed by atoms with Gasteiger partial charge in [-0.3, -0.25) is 4.79 Å². The molecule has 19 heavy (non-hydrogen) atoms. The summed E-state index contributed by atoms with van der Waals surface area (Å²) in [5.74, 6) is 0.217. The van der Waals surface area contributed by atoms with Crippen LogP contribution in [-0.2, 0) is 11.3 Å². The molecule has 104 valence electrons. The zero-order chi connectivity index (χ0) is 13.8. The number of rotatable bonds is 4. The lowest BCUT2D eigenvalue weighted by atomic mass is 9.88. The second-order valence-electron chi connectivity index (χ2n) is 5.27. The Balaban J connectivity index is 1.93. The molecule has 2 N–H and O–H groups in total. The van der Waals surface area contributed by atoms with Crippen LogP contribution in [-0.4, -0.2) is 23.4 Å². The van der Waals surface area contributed by atoms with Crippen LogP contribution < -0.4 is 5.73 Å². The van der Waals surface area contributed by atoms with Gasteiger partial charge in [0, 0.05) is 25.6 Å². The Bertz CT molecular complexity index is 432. The van der Waals surface area contributed by atoms with Crippen LogP contribution >= 0.6 is 0 Å². The minimum atomic E-state index is -0.247. The van der Waals surface area contributed by atoms with Crippen LogP contribution in [0.25, 0.3) is 0 Å². The SMILES string of the molecule is CCC(N)C1CCN(Cc2ccc(F)cc2)C(=O)C1. The molecule has 1 aliphatic rings. The number of benzene rings is 1. The van der Waals surface area contributed by atoms with E-state index in [2.05, 4.69) is 6.92 Å². The van der Waals surface area contributed by atoms with Gasteiger partial charge in [-0.15, -0.1) is 0 Å². The van der Waals surface area contributed by atoms with E-state index in [-0.39, 0.29) is 17.8 Å². The van der Waals surface area contributed by atoms with Gasteiger partial charge in [-0.1, -0.05) is 19.1 Å². The summed E-state index contributed by atoms with van der Waals surface area (Å²) in [6.45, 7) is 3.36. The van der Waals surface area contributed by atoms with Gasteiger partial charge in [-0.05, 0) is 36.5 Å². The zero-order valence-electron chi connectivity index (χ0n) is 11.3. The minimum Gasteiger partial charge on any atom is -0.338 e. The number of halogens is 1. The third-order valence-electron chi connectivity index (χ3n) is 3.92. The van der Waals surface area contributed by atoms with Crippen LogP contribution in [0.4, 0.5) is 4.39 Å². The van der Waals surface area contributed by atoms with Gasteiger partial charge in [0.05, 0.1) is 0 Å². The van der Waals surface area contributed by atoms with E-state index in [1.54, 1.807) is 12.1 Å². The number of amides is 1. The Morgan fingerprint density at radius 3 is 2.68 bits per heavy atom. The van der Waals surface area contributed by atoms with E-state index in [9.17, 15) is 9.18 Å². The molecule has 1 fully saturated rings. The van der Waals surface area contributed by atoms with E-state index in [0.717, 1.165) is 24.9 Å². The van der Waals surface area contributed by atoms with Gasteiger partial charge in [0.2, 0.25) is 5.91 Å². The molecule has 0 aliphatic carbocycles. The first-order valence-corrected chi connectivity index (χ1v) is 6.88. The molecule has 2 rings (SSSR count). The van der Waals surface area contributed by atoms with Crippen LogP contribution in [0.1, 0.15) is 31.7 Å². The van der Waals surface area contributed by atoms with Crippen molar-refractivity contribution in [1.29, 1.82) is 0 Å². The molecule has 2 unspecified atom stereocenters. The third-order valence-corrected chi connectivity index (χ3v) is 3.92. The second-order valence-corrected chi connectivity index (χ2v) is 5.27. The van der Waals surface area contributed by atoms with E-state index >= 15 is 0 Å². The number of carbonyl (C=O) groups is 1. The standard InChI is InChI=1S/C15H21FN2O/c1-2-14(17)12-7-8-18(15(19)9-12)10-11-3-5-13(16)6-4-11/h3-6,12,14H,2,7-10,17H2,1H3. The van der Waals surface area contributed by atoms with Crippen LogP contribution in [0.5, 0.6) is 0 Å². The fraction of sp³-hybridized carbons (Fsp3) is 0.533. The van der Waals surface area contributed by atoms with Crippen LogP contribution in [0, 0.1) is 11.7 Å².